The van der Waals surface area contributed by atoms with Crippen LogP contribution in [0.4, 0.5) is 10.1 Å². The van der Waals surface area contributed by atoms with Gasteiger partial charge in [-0.3, -0.25) is 9.59 Å². The van der Waals surface area contributed by atoms with Gasteiger partial charge in [0.05, 0.1) is 11.1 Å². The number of fused-ring (bicyclic) bond motifs is 1. The first kappa shape index (κ1) is 22.4. The van der Waals surface area contributed by atoms with E-state index in [-0.39, 0.29) is 23.0 Å². The predicted octanol–water partition coefficient (Wildman–Crippen LogP) is 3.42. The van der Waals surface area contributed by atoms with Crippen molar-refractivity contribution in [2.24, 2.45) is 0 Å². The summed E-state index contributed by atoms with van der Waals surface area (Å²) in [6.45, 7) is 2.49. The molecule has 0 aliphatic carbocycles. The van der Waals surface area contributed by atoms with Crippen molar-refractivity contribution < 1.29 is 9.18 Å². The first-order valence-electron chi connectivity index (χ1n) is 10.8. The van der Waals surface area contributed by atoms with Crippen LogP contribution < -0.4 is 16.3 Å². The largest absolute Gasteiger partial charge is 0.368 e. The minimum absolute atomic E-state index is 0.0331. The molecule has 1 amide bonds. The Kier molecular flexibility index (Phi) is 6.25. The van der Waals surface area contributed by atoms with E-state index in [1.54, 1.807) is 17.0 Å². The van der Waals surface area contributed by atoms with Crippen LogP contribution in [-0.4, -0.2) is 52.4 Å². The van der Waals surface area contributed by atoms with E-state index in [2.05, 4.69) is 9.88 Å². The molecular weight excluding hydrogens is 473 g/mol. The van der Waals surface area contributed by atoms with Gasteiger partial charge in [0.25, 0.3) is 5.56 Å². The molecule has 1 aliphatic heterocycles. The zero-order chi connectivity index (χ0) is 23.7. The number of amides is 1. The first-order valence-corrected chi connectivity index (χ1v) is 12.6. The van der Waals surface area contributed by atoms with Crippen molar-refractivity contribution in [3.63, 3.8) is 0 Å². The van der Waals surface area contributed by atoms with Crippen LogP contribution in [0.2, 0.25) is 0 Å². The Morgan fingerprint density at radius 3 is 2.47 bits per heavy atom. The fourth-order valence-electron chi connectivity index (χ4n) is 4.00. The number of rotatable bonds is 5. The van der Waals surface area contributed by atoms with E-state index in [4.69, 9.17) is 5.84 Å². The van der Waals surface area contributed by atoms with Crippen LogP contribution in [0.15, 0.2) is 69.9 Å². The Balaban J connectivity index is 1.25. The van der Waals surface area contributed by atoms with Gasteiger partial charge in [0, 0.05) is 42.8 Å². The number of anilines is 1. The summed E-state index contributed by atoms with van der Waals surface area (Å²) in [7, 11) is 0. The normalized spacial score (nSPS) is 14.0. The summed E-state index contributed by atoms with van der Waals surface area (Å²) in [5.74, 6) is 5.92. The van der Waals surface area contributed by atoms with Crippen LogP contribution in [0, 0.1) is 5.82 Å². The second-order valence-electron chi connectivity index (χ2n) is 7.90. The van der Waals surface area contributed by atoms with E-state index in [9.17, 15) is 14.0 Å². The van der Waals surface area contributed by atoms with E-state index in [0.29, 0.717) is 41.6 Å². The number of thioether (sulfide) groups is 1. The van der Waals surface area contributed by atoms with Gasteiger partial charge in [0.2, 0.25) is 5.91 Å². The SMILES string of the molecule is Nn1c(SCC(=O)N2CCN(c3ccc(F)cc3)CC2)nc2scc(-c3ccccc3)c2c1=O. The molecule has 0 bridgehead atoms. The summed E-state index contributed by atoms with van der Waals surface area (Å²) in [6.07, 6.45) is 0. The molecule has 0 atom stereocenters. The number of nitrogens with two attached hydrogens (primary N) is 1. The third-order valence-electron chi connectivity index (χ3n) is 5.84. The fraction of sp³-hybridized carbons (Fsp3) is 0.208. The van der Waals surface area contributed by atoms with Gasteiger partial charge in [0.1, 0.15) is 10.6 Å². The van der Waals surface area contributed by atoms with Gasteiger partial charge in [-0.15, -0.1) is 11.3 Å². The Hall–Kier alpha value is -3.37. The summed E-state index contributed by atoms with van der Waals surface area (Å²) in [5.41, 5.74) is 2.36. The molecule has 3 heterocycles. The third-order valence-corrected chi connectivity index (χ3v) is 7.65. The van der Waals surface area contributed by atoms with Crippen LogP contribution >= 0.6 is 23.1 Å². The number of benzene rings is 2. The van der Waals surface area contributed by atoms with Crippen molar-refractivity contribution in [2.75, 3.05) is 42.7 Å². The number of hydrogen-bond acceptors (Lipinski definition) is 7. The van der Waals surface area contributed by atoms with Gasteiger partial charge in [-0.05, 0) is 29.8 Å². The van der Waals surface area contributed by atoms with Gasteiger partial charge in [-0.1, -0.05) is 42.1 Å². The molecule has 4 aromatic rings. The smallest absolute Gasteiger partial charge is 0.282 e. The van der Waals surface area contributed by atoms with Gasteiger partial charge < -0.3 is 15.6 Å². The molecule has 34 heavy (non-hydrogen) atoms. The van der Waals surface area contributed by atoms with Crippen molar-refractivity contribution in [2.45, 2.75) is 5.16 Å². The van der Waals surface area contributed by atoms with Gasteiger partial charge in [-0.2, -0.15) is 0 Å². The average Bonchev–Trinajstić information content (AvgIpc) is 3.30. The Morgan fingerprint density at radius 2 is 1.76 bits per heavy atom. The first-order chi connectivity index (χ1) is 16.5. The zero-order valence-corrected chi connectivity index (χ0v) is 19.8. The predicted molar refractivity (Wildman–Crippen MR) is 135 cm³/mol. The lowest BCUT2D eigenvalue weighted by Crippen LogP contribution is -2.49. The maximum Gasteiger partial charge on any atom is 0.282 e. The summed E-state index contributed by atoms with van der Waals surface area (Å²) >= 11 is 2.56. The van der Waals surface area contributed by atoms with Crippen molar-refractivity contribution >= 4 is 44.9 Å². The summed E-state index contributed by atoms with van der Waals surface area (Å²) in [6, 6.07) is 16.0. The number of piperazine rings is 1. The number of nitrogens with zero attached hydrogens (tertiary/aromatic N) is 4. The molecule has 0 spiro atoms. The number of carbonyl (C=O) groups is 1. The van der Waals surface area contributed by atoms with Crippen molar-refractivity contribution in [3.05, 3.63) is 76.1 Å². The van der Waals surface area contributed by atoms with Crippen LogP contribution in [0.5, 0.6) is 0 Å². The lowest BCUT2D eigenvalue weighted by atomic mass is 10.1. The number of halogens is 1. The van der Waals surface area contributed by atoms with Crippen LogP contribution in [-0.2, 0) is 4.79 Å². The van der Waals surface area contributed by atoms with Gasteiger partial charge in [-0.25, -0.2) is 14.1 Å². The van der Waals surface area contributed by atoms with E-state index in [0.717, 1.165) is 21.5 Å². The molecule has 5 rings (SSSR count). The van der Waals surface area contributed by atoms with Crippen molar-refractivity contribution in [3.8, 4) is 11.1 Å². The molecule has 1 fully saturated rings. The summed E-state index contributed by atoms with van der Waals surface area (Å²) in [5, 5.41) is 2.72. The minimum Gasteiger partial charge on any atom is -0.368 e. The topological polar surface area (TPSA) is 84.5 Å². The standard InChI is InChI=1S/C24H22FN5O2S2/c25-17-6-8-18(9-7-17)28-10-12-29(13-11-28)20(31)15-34-24-27-22-21(23(32)30(24)26)19(14-33-22)16-4-2-1-3-5-16/h1-9,14H,10-13,15,26H2. The van der Waals surface area contributed by atoms with Gasteiger partial charge >= 0.3 is 0 Å². The number of aromatic nitrogens is 2. The molecular formula is C24H22FN5O2S2. The Bertz CT molecular complexity index is 1380. The molecule has 0 unspecified atom stereocenters. The van der Waals surface area contributed by atoms with E-state index >= 15 is 0 Å². The highest BCUT2D eigenvalue weighted by Gasteiger charge is 2.23. The Labute approximate surface area is 203 Å². The highest BCUT2D eigenvalue weighted by Crippen LogP contribution is 2.31. The molecule has 2 N–H and O–H groups in total. The van der Waals surface area contributed by atoms with Crippen molar-refractivity contribution in [1.29, 1.82) is 0 Å². The molecule has 7 nitrogen and oxygen atoms in total. The number of carbonyl (C=O) groups excluding carboxylic acids is 1. The highest BCUT2D eigenvalue weighted by atomic mass is 32.2. The monoisotopic (exact) mass is 495 g/mol. The number of thiophene rings is 1. The lowest BCUT2D eigenvalue weighted by Gasteiger charge is -2.36. The third kappa shape index (κ3) is 4.38. The molecule has 0 radical (unpaired) electrons. The molecule has 2 aromatic carbocycles. The van der Waals surface area contributed by atoms with Crippen molar-refractivity contribution in [1.82, 2.24) is 14.6 Å². The van der Waals surface area contributed by atoms with E-state index in [1.165, 1.54) is 35.2 Å². The maximum atomic E-state index is 13.2. The van der Waals surface area contributed by atoms with E-state index in [1.807, 2.05) is 35.7 Å². The second kappa shape index (κ2) is 9.47. The maximum absolute atomic E-state index is 13.2. The van der Waals surface area contributed by atoms with Gasteiger partial charge in [0.15, 0.2) is 5.16 Å². The minimum atomic E-state index is -0.326. The number of nitrogen functional groups attached to an aromatic ring is 1. The van der Waals surface area contributed by atoms with Crippen LogP contribution in [0.25, 0.3) is 21.3 Å². The highest BCUT2D eigenvalue weighted by molar-refractivity contribution is 7.99. The lowest BCUT2D eigenvalue weighted by molar-refractivity contribution is -0.128. The summed E-state index contributed by atoms with van der Waals surface area (Å²) in [4.78, 5) is 34.9. The average molecular weight is 496 g/mol. The molecule has 0 saturated carbocycles. The fourth-order valence-corrected chi connectivity index (χ4v) is 5.81. The molecule has 2 aromatic heterocycles. The second-order valence-corrected chi connectivity index (χ2v) is 9.70. The Morgan fingerprint density at radius 1 is 1.06 bits per heavy atom. The molecule has 10 heteroatoms. The quantitative estimate of drug-likeness (QED) is 0.260. The molecule has 1 saturated heterocycles. The summed E-state index contributed by atoms with van der Waals surface area (Å²) < 4.78 is 14.2. The molecule has 174 valence electrons. The van der Waals surface area contributed by atoms with Crippen LogP contribution in [0.1, 0.15) is 0 Å². The van der Waals surface area contributed by atoms with Crippen LogP contribution in [0.3, 0.4) is 0 Å². The van der Waals surface area contributed by atoms with E-state index < -0.39 is 0 Å². The zero-order valence-electron chi connectivity index (χ0n) is 18.2. The molecule has 1 aliphatic rings. The number of hydrogen-bond donors (Lipinski definition) is 1.